The van der Waals surface area contributed by atoms with E-state index in [-0.39, 0.29) is 18.5 Å². The highest BCUT2D eigenvalue weighted by Gasteiger charge is 2.33. The average Bonchev–Trinajstić information content (AvgIpc) is 2.89. The van der Waals surface area contributed by atoms with Crippen molar-refractivity contribution < 1.29 is 22.4 Å². The summed E-state index contributed by atoms with van der Waals surface area (Å²) in [5.74, 6) is -1.59. The number of benzene rings is 3. The van der Waals surface area contributed by atoms with Crippen molar-refractivity contribution in [3.05, 3.63) is 101 Å². The summed E-state index contributed by atoms with van der Waals surface area (Å²) in [7, 11) is -2.38. The van der Waals surface area contributed by atoms with Crippen LogP contribution in [0.2, 0.25) is 0 Å². The molecule has 0 radical (unpaired) electrons. The van der Waals surface area contributed by atoms with Crippen LogP contribution in [0.25, 0.3) is 0 Å². The van der Waals surface area contributed by atoms with Crippen LogP contribution in [0.5, 0.6) is 0 Å². The number of nitrogens with one attached hydrogen (secondary N) is 1. The Morgan fingerprint density at radius 2 is 1.54 bits per heavy atom. The third-order valence-corrected chi connectivity index (χ3v) is 7.27. The normalized spacial score (nSPS) is 12.0. The van der Waals surface area contributed by atoms with Gasteiger partial charge in [0.15, 0.2) is 0 Å². The van der Waals surface area contributed by atoms with E-state index in [1.807, 2.05) is 37.3 Å². The van der Waals surface area contributed by atoms with Crippen molar-refractivity contribution >= 4 is 27.5 Å². The maximum absolute atomic E-state index is 14.6. The molecule has 3 aromatic carbocycles. The third kappa shape index (κ3) is 7.39. The van der Waals surface area contributed by atoms with E-state index in [1.165, 1.54) is 30.1 Å². The van der Waals surface area contributed by atoms with Crippen molar-refractivity contribution in [3.63, 3.8) is 0 Å². The number of likely N-dealkylation sites (N-methyl/N-ethyl adjacent to an activating group) is 1. The topological polar surface area (TPSA) is 86.8 Å². The predicted octanol–water partition coefficient (Wildman–Crippen LogP) is 3.54. The van der Waals surface area contributed by atoms with Gasteiger partial charge in [0.1, 0.15) is 18.4 Å². The second-order valence-corrected chi connectivity index (χ2v) is 10.6. The van der Waals surface area contributed by atoms with Crippen molar-refractivity contribution in [2.45, 2.75) is 32.4 Å². The fourth-order valence-electron chi connectivity index (χ4n) is 4.04. The van der Waals surface area contributed by atoms with Gasteiger partial charge in [-0.15, -0.1) is 0 Å². The molecule has 0 heterocycles. The maximum Gasteiger partial charge on any atom is 0.244 e. The van der Waals surface area contributed by atoms with Gasteiger partial charge in [-0.3, -0.25) is 13.9 Å². The molecule has 7 nitrogen and oxygen atoms in total. The summed E-state index contributed by atoms with van der Waals surface area (Å²) in [5.41, 5.74) is 2.37. The van der Waals surface area contributed by atoms with Crippen molar-refractivity contribution in [3.8, 4) is 0 Å². The quantitative estimate of drug-likeness (QED) is 0.415. The second-order valence-electron chi connectivity index (χ2n) is 8.72. The Kier molecular flexibility index (Phi) is 9.41. The van der Waals surface area contributed by atoms with Crippen molar-refractivity contribution in [2.24, 2.45) is 0 Å². The van der Waals surface area contributed by atoms with E-state index in [0.717, 1.165) is 28.1 Å². The first kappa shape index (κ1) is 27.9. The lowest BCUT2D eigenvalue weighted by Crippen LogP contribution is -2.53. The third-order valence-electron chi connectivity index (χ3n) is 6.13. The SMILES string of the molecule is CCc1ccc(N(CC(=O)N(Cc2ccccc2F)[C@H](Cc2ccccc2)C(=O)NC)S(C)(=O)=O)cc1. The lowest BCUT2D eigenvalue weighted by Gasteiger charge is -2.33. The Bertz CT molecular complexity index is 1310. The summed E-state index contributed by atoms with van der Waals surface area (Å²) in [6.07, 6.45) is 1.97. The zero-order chi connectivity index (χ0) is 27.0. The number of amides is 2. The smallest absolute Gasteiger partial charge is 0.244 e. The van der Waals surface area contributed by atoms with Crippen LogP contribution in [0.1, 0.15) is 23.6 Å². The highest BCUT2D eigenvalue weighted by atomic mass is 32.2. The van der Waals surface area contributed by atoms with Gasteiger partial charge in [0.2, 0.25) is 21.8 Å². The zero-order valence-electron chi connectivity index (χ0n) is 21.2. The Morgan fingerprint density at radius 1 is 0.919 bits per heavy atom. The van der Waals surface area contributed by atoms with Crippen molar-refractivity contribution in [2.75, 3.05) is 24.2 Å². The van der Waals surface area contributed by atoms with Crippen LogP contribution in [0.15, 0.2) is 78.9 Å². The lowest BCUT2D eigenvalue weighted by molar-refractivity contribution is -0.139. The molecular formula is C28H32FN3O4S. The first-order valence-corrected chi connectivity index (χ1v) is 13.8. The van der Waals surface area contributed by atoms with E-state index in [9.17, 15) is 22.4 Å². The van der Waals surface area contributed by atoms with E-state index in [0.29, 0.717) is 5.69 Å². The number of nitrogens with zero attached hydrogens (tertiary/aromatic N) is 2. The summed E-state index contributed by atoms with van der Waals surface area (Å²) < 4.78 is 41.1. The van der Waals surface area contributed by atoms with Crippen LogP contribution in [-0.2, 0) is 39.0 Å². The molecular weight excluding hydrogens is 493 g/mol. The van der Waals surface area contributed by atoms with Gasteiger partial charge in [-0.2, -0.15) is 0 Å². The molecule has 1 atom stereocenters. The minimum absolute atomic E-state index is 0.171. The number of rotatable bonds is 11. The van der Waals surface area contributed by atoms with Crippen LogP contribution < -0.4 is 9.62 Å². The van der Waals surface area contributed by atoms with Gasteiger partial charge in [0, 0.05) is 25.6 Å². The van der Waals surface area contributed by atoms with Crippen LogP contribution in [-0.4, -0.2) is 51.0 Å². The molecule has 1 N–H and O–H groups in total. The van der Waals surface area contributed by atoms with Gasteiger partial charge < -0.3 is 10.2 Å². The average molecular weight is 526 g/mol. The van der Waals surface area contributed by atoms with E-state index in [4.69, 9.17) is 0 Å². The van der Waals surface area contributed by atoms with E-state index in [2.05, 4.69) is 5.32 Å². The molecule has 196 valence electrons. The Morgan fingerprint density at radius 3 is 2.11 bits per heavy atom. The molecule has 37 heavy (non-hydrogen) atoms. The second kappa shape index (κ2) is 12.5. The Labute approximate surface area is 218 Å². The number of carbonyl (C=O) groups is 2. The minimum Gasteiger partial charge on any atom is -0.357 e. The summed E-state index contributed by atoms with van der Waals surface area (Å²) in [6.45, 7) is 1.24. The summed E-state index contributed by atoms with van der Waals surface area (Å²) in [4.78, 5) is 28.1. The summed E-state index contributed by atoms with van der Waals surface area (Å²) in [5, 5.41) is 2.59. The van der Waals surface area contributed by atoms with Gasteiger partial charge in [0.25, 0.3) is 0 Å². The minimum atomic E-state index is -3.85. The summed E-state index contributed by atoms with van der Waals surface area (Å²) >= 11 is 0. The number of sulfonamides is 1. The van der Waals surface area contributed by atoms with E-state index < -0.39 is 40.2 Å². The molecule has 9 heteroatoms. The number of hydrogen-bond donors (Lipinski definition) is 1. The van der Waals surface area contributed by atoms with Gasteiger partial charge in [0.05, 0.1) is 11.9 Å². The van der Waals surface area contributed by atoms with Crippen LogP contribution in [0, 0.1) is 5.82 Å². The fourth-order valence-corrected chi connectivity index (χ4v) is 4.89. The fraction of sp³-hybridized carbons (Fsp3) is 0.286. The molecule has 0 aliphatic rings. The van der Waals surface area contributed by atoms with E-state index >= 15 is 0 Å². The van der Waals surface area contributed by atoms with Gasteiger partial charge in [-0.05, 0) is 35.7 Å². The zero-order valence-corrected chi connectivity index (χ0v) is 22.0. The highest BCUT2D eigenvalue weighted by Crippen LogP contribution is 2.21. The molecule has 0 aliphatic heterocycles. The number of anilines is 1. The Balaban J connectivity index is 2.02. The first-order chi connectivity index (χ1) is 17.6. The molecule has 3 rings (SSSR count). The standard InChI is InChI=1S/C28H32FN3O4S/c1-4-21-14-16-24(17-15-21)32(37(3,35)36)20-27(33)31(19-23-12-8-9-13-25(23)29)26(28(34)30-2)18-22-10-6-5-7-11-22/h5-17,26H,4,18-20H2,1-3H3,(H,30,34)/t26-/m1/s1. The molecule has 0 saturated carbocycles. The van der Waals surface area contributed by atoms with Crippen LogP contribution in [0.3, 0.4) is 0 Å². The molecule has 0 fully saturated rings. The molecule has 0 aromatic heterocycles. The monoisotopic (exact) mass is 525 g/mol. The lowest BCUT2D eigenvalue weighted by atomic mass is 10.0. The van der Waals surface area contributed by atoms with Crippen molar-refractivity contribution in [1.29, 1.82) is 0 Å². The highest BCUT2D eigenvalue weighted by molar-refractivity contribution is 7.92. The Hall–Kier alpha value is -3.72. The maximum atomic E-state index is 14.6. The molecule has 0 unspecified atom stereocenters. The molecule has 0 spiro atoms. The van der Waals surface area contributed by atoms with Gasteiger partial charge >= 0.3 is 0 Å². The molecule has 0 bridgehead atoms. The molecule has 2 amide bonds. The largest absolute Gasteiger partial charge is 0.357 e. The first-order valence-electron chi connectivity index (χ1n) is 12.0. The van der Waals surface area contributed by atoms with Gasteiger partial charge in [-0.25, -0.2) is 12.8 Å². The number of aryl methyl sites for hydroxylation is 1. The molecule has 0 aliphatic carbocycles. The predicted molar refractivity (Wildman–Crippen MR) is 143 cm³/mol. The van der Waals surface area contributed by atoms with Crippen LogP contribution >= 0.6 is 0 Å². The number of hydrogen-bond acceptors (Lipinski definition) is 4. The number of halogens is 1. The molecule has 0 saturated heterocycles. The van der Waals surface area contributed by atoms with Crippen LogP contribution in [0.4, 0.5) is 10.1 Å². The number of carbonyl (C=O) groups excluding carboxylic acids is 2. The van der Waals surface area contributed by atoms with Gasteiger partial charge in [-0.1, -0.05) is 67.6 Å². The summed E-state index contributed by atoms with van der Waals surface area (Å²) in [6, 6.07) is 21.1. The molecule has 3 aromatic rings. The van der Waals surface area contributed by atoms with E-state index in [1.54, 1.807) is 30.3 Å². The van der Waals surface area contributed by atoms with Crippen molar-refractivity contribution in [1.82, 2.24) is 10.2 Å².